The van der Waals surface area contributed by atoms with Crippen molar-refractivity contribution in [3.63, 3.8) is 0 Å². The zero-order valence-electron chi connectivity index (χ0n) is 12.7. The molecule has 1 saturated heterocycles. The summed E-state index contributed by atoms with van der Waals surface area (Å²) in [5.41, 5.74) is 0.0215. The Morgan fingerprint density at radius 2 is 1.75 bits per heavy atom. The predicted octanol–water partition coefficient (Wildman–Crippen LogP) is 2.92. The summed E-state index contributed by atoms with van der Waals surface area (Å²) in [5.74, 6) is -0.328. The van der Waals surface area contributed by atoms with E-state index in [-0.39, 0.29) is 17.3 Å². The van der Waals surface area contributed by atoms with Crippen molar-refractivity contribution in [2.24, 2.45) is 17.3 Å². The van der Waals surface area contributed by atoms with Gasteiger partial charge in [-0.05, 0) is 37.5 Å². The van der Waals surface area contributed by atoms with Crippen LogP contribution in [0.3, 0.4) is 0 Å². The Balaban J connectivity index is 1.87. The molecule has 2 fully saturated rings. The van der Waals surface area contributed by atoms with Crippen molar-refractivity contribution in [2.45, 2.75) is 58.8 Å². The number of likely N-dealkylation sites (tertiary alicyclic amines) is 1. The monoisotopic (exact) mass is 281 g/mol. The first-order valence-electron chi connectivity index (χ1n) is 8.05. The topological polar surface area (TPSA) is 57.6 Å². The molecule has 20 heavy (non-hydrogen) atoms. The molecule has 1 atom stereocenters. The van der Waals surface area contributed by atoms with Crippen LogP contribution in [-0.2, 0) is 9.59 Å². The number of carbonyl (C=O) groups is 2. The van der Waals surface area contributed by atoms with Crippen LogP contribution in [0.25, 0.3) is 0 Å². The molecule has 114 valence electrons. The van der Waals surface area contributed by atoms with Gasteiger partial charge in [0.15, 0.2) is 0 Å². The lowest BCUT2D eigenvalue weighted by atomic mass is 9.89. The smallest absolute Gasteiger partial charge is 0.307 e. The average Bonchev–Trinajstić information content (AvgIpc) is 3.13. The number of rotatable bonds is 6. The summed E-state index contributed by atoms with van der Waals surface area (Å²) in [6.07, 6.45) is 6.63. The van der Waals surface area contributed by atoms with Gasteiger partial charge in [0, 0.05) is 19.0 Å². The van der Waals surface area contributed by atoms with Gasteiger partial charge in [0.2, 0.25) is 5.91 Å². The molecule has 1 aliphatic carbocycles. The highest BCUT2D eigenvalue weighted by Gasteiger charge is 2.59. The lowest BCUT2D eigenvalue weighted by Crippen LogP contribution is -2.43. The number of piperidine rings is 1. The van der Waals surface area contributed by atoms with Crippen LogP contribution in [0.4, 0.5) is 0 Å². The molecule has 2 aliphatic rings. The van der Waals surface area contributed by atoms with Gasteiger partial charge in [-0.15, -0.1) is 0 Å². The number of carboxylic acid groups (broad SMARTS) is 1. The van der Waals surface area contributed by atoms with Crippen molar-refractivity contribution in [3.05, 3.63) is 0 Å². The van der Waals surface area contributed by atoms with Crippen molar-refractivity contribution >= 4 is 11.9 Å². The molecule has 0 aromatic heterocycles. The van der Waals surface area contributed by atoms with E-state index in [2.05, 4.69) is 13.8 Å². The third-order valence-corrected chi connectivity index (χ3v) is 5.18. The maximum absolute atomic E-state index is 12.5. The van der Waals surface area contributed by atoms with E-state index in [1.165, 1.54) is 0 Å². The van der Waals surface area contributed by atoms with Crippen LogP contribution >= 0.6 is 0 Å². The van der Waals surface area contributed by atoms with E-state index in [0.29, 0.717) is 5.91 Å². The Bertz CT molecular complexity index is 366. The summed E-state index contributed by atoms with van der Waals surface area (Å²) >= 11 is 0. The normalized spacial score (nSPS) is 24.1. The molecule has 1 heterocycles. The maximum Gasteiger partial charge on any atom is 0.307 e. The average molecular weight is 281 g/mol. The van der Waals surface area contributed by atoms with Gasteiger partial charge >= 0.3 is 5.97 Å². The Kier molecular flexibility index (Phi) is 4.71. The minimum atomic E-state index is -0.653. The molecule has 1 spiro atoms. The molecule has 4 heteroatoms. The second kappa shape index (κ2) is 6.15. The number of carboxylic acids is 1. The van der Waals surface area contributed by atoms with E-state index in [1.54, 1.807) is 0 Å². The second-order valence-corrected chi connectivity index (χ2v) is 6.56. The summed E-state index contributed by atoms with van der Waals surface area (Å²) < 4.78 is 0. The zero-order valence-corrected chi connectivity index (χ0v) is 12.7. The summed E-state index contributed by atoms with van der Waals surface area (Å²) in [5, 5.41) is 9.09. The van der Waals surface area contributed by atoms with Crippen molar-refractivity contribution in [3.8, 4) is 0 Å². The van der Waals surface area contributed by atoms with Crippen LogP contribution in [0, 0.1) is 17.3 Å². The van der Waals surface area contributed by atoms with E-state index in [9.17, 15) is 9.59 Å². The summed E-state index contributed by atoms with van der Waals surface area (Å²) in [6, 6.07) is 0. The van der Waals surface area contributed by atoms with Crippen molar-refractivity contribution < 1.29 is 14.7 Å². The fraction of sp³-hybridized carbons (Fsp3) is 0.875. The molecular weight excluding hydrogens is 254 g/mol. The van der Waals surface area contributed by atoms with E-state index in [1.807, 2.05) is 4.90 Å². The summed E-state index contributed by atoms with van der Waals surface area (Å²) in [6.45, 7) is 5.77. The number of hydrogen-bond acceptors (Lipinski definition) is 2. The first-order valence-corrected chi connectivity index (χ1v) is 8.05. The molecule has 1 saturated carbocycles. The van der Waals surface area contributed by atoms with Gasteiger partial charge in [-0.2, -0.15) is 0 Å². The van der Waals surface area contributed by atoms with Crippen molar-refractivity contribution in [2.75, 3.05) is 13.1 Å². The van der Waals surface area contributed by atoms with Crippen LogP contribution in [0.15, 0.2) is 0 Å². The largest absolute Gasteiger partial charge is 0.481 e. The lowest BCUT2D eigenvalue weighted by molar-refractivity contribution is -0.140. The molecule has 0 aromatic rings. The van der Waals surface area contributed by atoms with Crippen LogP contribution in [0.5, 0.6) is 0 Å². The standard InChI is InChI=1S/C16H27NO3/c1-3-5-12(6-4-2)14(18)17-9-7-16(8-10-17)11-13(16)15(19)20/h12-13H,3-11H2,1-2H3,(H,19,20). The molecule has 0 bridgehead atoms. The lowest BCUT2D eigenvalue weighted by Gasteiger charge is -2.35. The highest BCUT2D eigenvalue weighted by molar-refractivity contribution is 5.79. The first-order chi connectivity index (χ1) is 9.54. The van der Waals surface area contributed by atoms with Crippen LogP contribution in [-0.4, -0.2) is 35.0 Å². The van der Waals surface area contributed by atoms with Crippen LogP contribution in [0.2, 0.25) is 0 Å². The van der Waals surface area contributed by atoms with E-state index in [0.717, 1.165) is 58.0 Å². The van der Waals surface area contributed by atoms with Gasteiger partial charge in [-0.25, -0.2) is 0 Å². The molecule has 0 radical (unpaired) electrons. The fourth-order valence-electron chi connectivity index (χ4n) is 3.77. The minimum absolute atomic E-state index is 0.0215. The van der Waals surface area contributed by atoms with Gasteiger partial charge in [0.25, 0.3) is 0 Å². The van der Waals surface area contributed by atoms with E-state index < -0.39 is 5.97 Å². The second-order valence-electron chi connectivity index (χ2n) is 6.56. The number of amides is 1. The molecule has 2 rings (SSSR count). The molecule has 1 aliphatic heterocycles. The van der Waals surface area contributed by atoms with Crippen LogP contribution < -0.4 is 0 Å². The van der Waals surface area contributed by atoms with Gasteiger partial charge < -0.3 is 10.0 Å². The molecule has 0 aromatic carbocycles. The Morgan fingerprint density at radius 3 is 2.15 bits per heavy atom. The molecule has 1 unspecified atom stereocenters. The number of aliphatic carboxylic acids is 1. The van der Waals surface area contributed by atoms with Gasteiger partial charge in [0.05, 0.1) is 5.92 Å². The number of hydrogen-bond donors (Lipinski definition) is 1. The highest BCUT2D eigenvalue weighted by Crippen LogP contribution is 2.59. The SMILES string of the molecule is CCCC(CCC)C(=O)N1CCC2(CC1)CC2C(=O)O. The van der Waals surface area contributed by atoms with E-state index in [4.69, 9.17) is 5.11 Å². The minimum Gasteiger partial charge on any atom is -0.481 e. The summed E-state index contributed by atoms with van der Waals surface area (Å²) in [7, 11) is 0. The van der Waals surface area contributed by atoms with Gasteiger partial charge in [0.1, 0.15) is 0 Å². The summed E-state index contributed by atoms with van der Waals surface area (Å²) in [4.78, 5) is 25.6. The maximum atomic E-state index is 12.5. The fourth-order valence-corrected chi connectivity index (χ4v) is 3.77. The Hall–Kier alpha value is -1.06. The number of carbonyl (C=O) groups excluding carboxylic acids is 1. The number of nitrogens with zero attached hydrogens (tertiary/aromatic N) is 1. The van der Waals surface area contributed by atoms with E-state index >= 15 is 0 Å². The highest BCUT2D eigenvalue weighted by atomic mass is 16.4. The van der Waals surface area contributed by atoms with Gasteiger partial charge in [-0.3, -0.25) is 9.59 Å². The third-order valence-electron chi connectivity index (χ3n) is 5.18. The zero-order chi connectivity index (χ0) is 14.8. The molecular formula is C16H27NO3. The first kappa shape index (κ1) is 15.3. The molecule has 4 nitrogen and oxygen atoms in total. The van der Waals surface area contributed by atoms with Crippen LogP contribution in [0.1, 0.15) is 58.8 Å². The van der Waals surface area contributed by atoms with Crippen molar-refractivity contribution in [1.29, 1.82) is 0 Å². The third kappa shape index (κ3) is 2.99. The Morgan fingerprint density at radius 1 is 1.20 bits per heavy atom. The predicted molar refractivity (Wildman–Crippen MR) is 77.3 cm³/mol. The molecule has 1 amide bonds. The van der Waals surface area contributed by atoms with Crippen molar-refractivity contribution in [1.82, 2.24) is 4.90 Å². The Labute approximate surface area is 121 Å². The van der Waals surface area contributed by atoms with Gasteiger partial charge in [-0.1, -0.05) is 26.7 Å². The quantitative estimate of drug-likeness (QED) is 0.814. The molecule has 1 N–H and O–H groups in total.